The van der Waals surface area contributed by atoms with E-state index < -0.39 is 0 Å². The molecular formula is C16H16BrClN2O. The summed E-state index contributed by atoms with van der Waals surface area (Å²) in [7, 11) is 0. The molecule has 0 aliphatic carbocycles. The Hall–Kier alpha value is -1.10. The minimum Gasteiger partial charge on any atom is -0.472 e. The largest absolute Gasteiger partial charge is 0.472 e. The summed E-state index contributed by atoms with van der Waals surface area (Å²) in [5.74, 6) is 0.617. The lowest BCUT2D eigenvalue weighted by molar-refractivity contribution is 0.190. The molecule has 1 aromatic carbocycles. The Labute approximate surface area is 138 Å². The number of hydrogen-bond acceptors (Lipinski definition) is 3. The zero-order valence-electron chi connectivity index (χ0n) is 11.5. The summed E-state index contributed by atoms with van der Waals surface area (Å²) in [4.78, 5) is 6.64. The second-order valence-corrected chi connectivity index (χ2v) is 6.48. The van der Waals surface area contributed by atoms with E-state index in [0.717, 1.165) is 30.5 Å². The van der Waals surface area contributed by atoms with Crippen LogP contribution in [0.1, 0.15) is 12.0 Å². The standard InChI is InChI=1S/C16H16BrClN2O/c17-15-8-13(18)9-19-16(15)21-14-6-7-20(11-14)10-12-4-2-1-3-5-12/h1-5,8-9,14H,6-7,10-11H2. The first-order valence-corrected chi connectivity index (χ1v) is 8.12. The smallest absolute Gasteiger partial charge is 0.228 e. The number of pyridine rings is 1. The van der Waals surface area contributed by atoms with Crippen molar-refractivity contribution < 1.29 is 4.74 Å². The van der Waals surface area contributed by atoms with Crippen molar-refractivity contribution in [3.63, 3.8) is 0 Å². The highest BCUT2D eigenvalue weighted by atomic mass is 79.9. The van der Waals surface area contributed by atoms with Gasteiger partial charge < -0.3 is 4.74 Å². The van der Waals surface area contributed by atoms with E-state index in [2.05, 4.69) is 50.1 Å². The average Bonchev–Trinajstić information content (AvgIpc) is 2.90. The molecule has 2 heterocycles. The van der Waals surface area contributed by atoms with Gasteiger partial charge in [0.05, 0.1) is 9.50 Å². The third-order valence-electron chi connectivity index (χ3n) is 3.53. The average molecular weight is 368 g/mol. The lowest BCUT2D eigenvalue weighted by atomic mass is 10.2. The summed E-state index contributed by atoms with van der Waals surface area (Å²) < 4.78 is 6.77. The van der Waals surface area contributed by atoms with E-state index in [1.165, 1.54) is 5.56 Å². The van der Waals surface area contributed by atoms with Gasteiger partial charge in [-0.2, -0.15) is 0 Å². The van der Waals surface area contributed by atoms with E-state index in [9.17, 15) is 0 Å². The van der Waals surface area contributed by atoms with Gasteiger partial charge in [-0.1, -0.05) is 41.9 Å². The second-order valence-electron chi connectivity index (χ2n) is 5.19. The number of aromatic nitrogens is 1. The van der Waals surface area contributed by atoms with Crippen LogP contribution < -0.4 is 4.74 Å². The maximum atomic E-state index is 5.97. The molecule has 3 nitrogen and oxygen atoms in total. The van der Waals surface area contributed by atoms with Gasteiger partial charge in [-0.25, -0.2) is 4.98 Å². The monoisotopic (exact) mass is 366 g/mol. The molecule has 1 unspecified atom stereocenters. The number of likely N-dealkylation sites (tertiary alicyclic amines) is 1. The zero-order valence-corrected chi connectivity index (χ0v) is 13.8. The quantitative estimate of drug-likeness (QED) is 0.811. The zero-order chi connectivity index (χ0) is 14.7. The first-order chi connectivity index (χ1) is 10.2. The topological polar surface area (TPSA) is 25.4 Å². The van der Waals surface area contributed by atoms with Crippen LogP contribution in [0.25, 0.3) is 0 Å². The minimum absolute atomic E-state index is 0.179. The van der Waals surface area contributed by atoms with Gasteiger partial charge >= 0.3 is 0 Å². The molecule has 1 aliphatic heterocycles. The molecule has 0 spiro atoms. The Kier molecular flexibility index (Phi) is 4.78. The van der Waals surface area contributed by atoms with Crippen molar-refractivity contribution in [3.8, 4) is 5.88 Å². The third-order valence-corrected chi connectivity index (χ3v) is 4.31. The van der Waals surface area contributed by atoms with Crippen molar-refractivity contribution >= 4 is 27.5 Å². The highest BCUT2D eigenvalue weighted by molar-refractivity contribution is 9.10. The molecule has 0 bridgehead atoms. The molecule has 0 radical (unpaired) electrons. The van der Waals surface area contributed by atoms with Gasteiger partial charge in [0.2, 0.25) is 5.88 Å². The van der Waals surface area contributed by atoms with E-state index in [-0.39, 0.29) is 6.10 Å². The first kappa shape index (κ1) is 14.8. The fourth-order valence-electron chi connectivity index (χ4n) is 2.53. The van der Waals surface area contributed by atoms with Crippen molar-refractivity contribution in [1.29, 1.82) is 0 Å². The van der Waals surface area contributed by atoms with Crippen molar-refractivity contribution in [2.24, 2.45) is 0 Å². The summed E-state index contributed by atoms with van der Waals surface area (Å²) in [6, 6.07) is 12.3. The van der Waals surface area contributed by atoms with Gasteiger partial charge in [0.25, 0.3) is 0 Å². The molecule has 3 rings (SSSR count). The Morgan fingerprint density at radius 1 is 1.33 bits per heavy atom. The van der Waals surface area contributed by atoms with Crippen molar-refractivity contribution in [2.75, 3.05) is 13.1 Å². The Morgan fingerprint density at radius 2 is 2.14 bits per heavy atom. The Morgan fingerprint density at radius 3 is 2.90 bits per heavy atom. The normalized spacial score (nSPS) is 18.9. The van der Waals surface area contributed by atoms with E-state index in [1.807, 2.05) is 6.07 Å². The molecule has 0 amide bonds. The molecule has 1 fully saturated rings. The molecule has 21 heavy (non-hydrogen) atoms. The van der Waals surface area contributed by atoms with Gasteiger partial charge in [0, 0.05) is 25.8 Å². The highest BCUT2D eigenvalue weighted by Gasteiger charge is 2.24. The molecule has 110 valence electrons. The van der Waals surface area contributed by atoms with Crippen LogP contribution >= 0.6 is 27.5 Å². The van der Waals surface area contributed by atoms with E-state index in [1.54, 1.807) is 12.3 Å². The Bertz CT molecular complexity index is 608. The molecule has 1 aliphatic rings. The van der Waals surface area contributed by atoms with Crippen LogP contribution in [0.15, 0.2) is 47.1 Å². The number of hydrogen-bond donors (Lipinski definition) is 0. The molecule has 2 aromatic rings. The maximum absolute atomic E-state index is 5.97. The summed E-state index contributed by atoms with van der Waals surface area (Å²) in [6.07, 6.45) is 2.81. The van der Waals surface area contributed by atoms with Crippen LogP contribution in [-0.2, 0) is 6.54 Å². The van der Waals surface area contributed by atoms with Crippen LogP contribution in [0.4, 0.5) is 0 Å². The Balaban J connectivity index is 1.57. The van der Waals surface area contributed by atoms with Crippen LogP contribution in [0.2, 0.25) is 5.02 Å². The lowest BCUT2D eigenvalue weighted by Crippen LogP contribution is -2.24. The fraction of sp³-hybridized carbons (Fsp3) is 0.312. The number of halogens is 2. The van der Waals surface area contributed by atoms with Gasteiger partial charge in [0.15, 0.2) is 0 Å². The van der Waals surface area contributed by atoms with Gasteiger partial charge in [0.1, 0.15) is 6.10 Å². The van der Waals surface area contributed by atoms with E-state index in [4.69, 9.17) is 16.3 Å². The summed E-state index contributed by atoms with van der Waals surface area (Å²) in [6.45, 7) is 2.94. The van der Waals surface area contributed by atoms with Gasteiger partial charge in [-0.05, 0) is 34.0 Å². The first-order valence-electron chi connectivity index (χ1n) is 6.95. The maximum Gasteiger partial charge on any atom is 0.228 e. The van der Waals surface area contributed by atoms with Crippen molar-refractivity contribution in [2.45, 2.75) is 19.1 Å². The third kappa shape index (κ3) is 3.96. The van der Waals surface area contributed by atoms with Gasteiger partial charge in [-0.3, -0.25) is 4.90 Å². The molecule has 0 N–H and O–H groups in total. The van der Waals surface area contributed by atoms with E-state index in [0.29, 0.717) is 10.9 Å². The predicted molar refractivity (Wildman–Crippen MR) is 87.7 cm³/mol. The summed E-state index contributed by atoms with van der Waals surface area (Å²) in [5.41, 5.74) is 1.34. The number of nitrogens with zero attached hydrogens (tertiary/aromatic N) is 2. The van der Waals surface area contributed by atoms with Crippen LogP contribution in [-0.4, -0.2) is 29.1 Å². The molecule has 1 aromatic heterocycles. The van der Waals surface area contributed by atoms with Gasteiger partial charge in [-0.15, -0.1) is 0 Å². The van der Waals surface area contributed by atoms with Crippen LogP contribution in [0.5, 0.6) is 5.88 Å². The summed E-state index contributed by atoms with van der Waals surface area (Å²) >= 11 is 9.33. The second kappa shape index (κ2) is 6.77. The SMILES string of the molecule is Clc1cnc(OC2CCN(Cc3ccccc3)C2)c(Br)c1. The molecular weight excluding hydrogens is 352 g/mol. The molecule has 1 saturated heterocycles. The molecule has 1 atom stereocenters. The van der Waals surface area contributed by atoms with Crippen molar-refractivity contribution in [1.82, 2.24) is 9.88 Å². The predicted octanol–water partition coefficient (Wildman–Crippen LogP) is 4.15. The number of rotatable bonds is 4. The van der Waals surface area contributed by atoms with Crippen molar-refractivity contribution in [3.05, 3.63) is 57.7 Å². The van der Waals surface area contributed by atoms with Crippen LogP contribution in [0, 0.1) is 0 Å². The number of ether oxygens (including phenoxy) is 1. The molecule has 5 heteroatoms. The molecule has 0 saturated carbocycles. The highest BCUT2D eigenvalue weighted by Crippen LogP contribution is 2.27. The lowest BCUT2D eigenvalue weighted by Gasteiger charge is -2.17. The van der Waals surface area contributed by atoms with Crippen LogP contribution in [0.3, 0.4) is 0 Å². The summed E-state index contributed by atoms with van der Waals surface area (Å²) in [5, 5.41) is 0.603. The van der Waals surface area contributed by atoms with E-state index >= 15 is 0 Å². The minimum atomic E-state index is 0.179. The fourth-order valence-corrected chi connectivity index (χ4v) is 3.26. The number of benzene rings is 1.